The van der Waals surface area contributed by atoms with E-state index >= 15 is 0 Å². The molecule has 0 saturated heterocycles. The summed E-state index contributed by atoms with van der Waals surface area (Å²) >= 11 is 0. The number of unbranched alkanes of at least 4 members (excludes halogenated alkanes) is 38. The molecule has 0 spiro atoms. The maximum Gasteiger partial charge on any atom is 0.472 e. The monoisotopic (exact) mass is 1250 g/mol. The van der Waals surface area contributed by atoms with Crippen molar-refractivity contribution in [2.45, 2.75) is 355 Å². The highest BCUT2D eigenvalue weighted by Crippen LogP contribution is 2.45. The highest BCUT2D eigenvalue weighted by molar-refractivity contribution is 7.47. The first-order valence-electron chi connectivity index (χ1n) is 34.6. The summed E-state index contributed by atoms with van der Waals surface area (Å²) in [6.07, 6.45) is 44.7. The number of esters is 4. The van der Waals surface area contributed by atoms with E-state index in [2.05, 4.69) is 34.6 Å². The Labute approximate surface area is 517 Å². The van der Waals surface area contributed by atoms with Crippen molar-refractivity contribution in [3.63, 3.8) is 0 Å². The summed E-state index contributed by atoms with van der Waals surface area (Å²) in [4.78, 5) is 72.1. The zero-order valence-corrected chi connectivity index (χ0v) is 56.5. The predicted octanol–water partition coefficient (Wildman–Crippen LogP) is 18.6. The Bertz CT molecular complexity index is 1650. The van der Waals surface area contributed by atoms with Crippen LogP contribution in [-0.4, -0.2) is 96.7 Å². The number of hydrogen-bond acceptors (Lipinski definition) is 15. The molecule has 0 aliphatic heterocycles. The van der Waals surface area contributed by atoms with Crippen LogP contribution in [0.3, 0.4) is 0 Å². The van der Waals surface area contributed by atoms with Gasteiger partial charge in [-0.3, -0.25) is 37.3 Å². The number of hydrogen-bond donors (Lipinski definition) is 3. The van der Waals surface area contributed by atoms with Gasteiger partial charge >= 0.3 is 39.5 Å². The van der Waals surface area contributed by atoms with Gasteiger partial charge in [0.25, 0.3) is 0 Å². The number of ether oxygens (including phenoxy) is 4. The maximum absolute atomic E-state index is 13.0. The molecule has 0 amide bonds. The highest BCUT2D eigenvalue weighted by Gasteiger charge is 2.30. The second-order valence-electron chi connectivity index (χ2n) is 24.3. The molecule has 0 rings (SSSR count). The van der Waals surface area contributed by atoms with Crippen molar-refractivity contribution in [3.8, 4) is 0 Å². The molecule has 504 valence electrons. The topological polar surface area (TPSA) is 237 Å². The van der Waals surface area contributed by atoms with Gasteiger partial charge in [0.2, 0.25) is 0 Å². The van der Waals surface area contributed by atoms with Crippen molar-refractivity contribution in [1.29, 1.82) is 0 Å². The van der Waals surface area contributed by atoms with Crippen LogP contribution in [0.2, 0.25) is 0 Å². The Morgan fingerprint density at radius 2 is 0.541 bits per heavy atom. The van der Waals surface area contributed by atoms with Crippen LogP contribution in [0.5, 0.6) is 0 Å². The van der Waals surface area contributed by atoms with Crippen LogP contribution in [0, 0.1) is 5.92 Å². The van der Waals surface area contributed by atoms with Gasteiger partial charge in [0.05, 0.1) is 26.4 Å². The number of phosphoric acid groups is 2. The second-order valence-corrected chi connectivity index (χ2v) is 27.2. The van der Waals surface area contributed by atoms with Gasteiger partial charge in [-0.05, 0) is 31.6 Å². The molecule has 0 fully saturated rings. The van der Waals surface area contributed by atoms with Gasteiger partial charge in [0.15, 0.2) is 12.2 Å². The quantitative estimate of drug-likeness (QED) is 0.0222. The molecule has 0 aromatic rings. The third kappa shape index (κ3) is 60.7. The van der Waals surface area contributed by atoms with Crippen LogP contribution in [0.1, 0.15) is 336 Å². The summed E-state index contributed by atoms with van der Waals surface area (Å²) in [6.45, 7) is 7.13. The number of aliphatic hydroxyl groups is 1. The number of carbonyl (C=O) groups excluding carboxylic acids is 4. The molecule has 0 radical (unpaired) electrons. The second kappa shape index (κ2) is 59.7. The molecule has 0 heterocycles. The Morgan fingerprint density at radius 1 is 0.318 bits per heavy atom. The van der Waals surface area contributed by atoms with Crippen LogP contribution in [0.15, 0.2) is 0 Å². The average molecular weight is 1260 g/mol. The van der Waals surface area contributed by atoms with Crippen LogP contribution in [0.25, 0.3) is 0 Å². The van der Waals surface area contributed by atoms with Crippen molar-refractivity contribution < 1.29 is 80.2 Å². The van der Waals surface area contributed by atoms with Crippen LogP contribution in [-0.2, 0) is 65.4 Å². The SMILES string of the molecule is CCCCCCCCCCCCCCCCCCC(=O)O[C@H](COC(=O)CCCCCCCCCCCCCC(C)C)COP(=O)(O)OC[C@@H](O)COP(=O)(O)OC[C@@H](COC(=O)CCCCCCC)OC(=O)CCCCCCCCCCCC. The Kier molecular flexibility index (Phi) is 58.3. The molecule has 0 bridgehead atoms. The van der Waals surface area contributed by atoms with Crippen molar-refractivity contribution in [1.82, 2.24) is 0 Å². The minimum absolute atomic E-state index is 0.106. The average Bonchev–Trinajstić information content (AvgIpc) is 3.48. The van der Waals surface area contributed by atoms with Crippen LogP contribution < -0.4 is 0 Å². The Morgan fingerprint density at radius 3 is 0.800 bits per heavy atom. The smallest absolute Gasteiger partial charge is 0.462 e. The van der Waals surface area contributed by atoms with E-state index in [0.717, 1.165) is 102 Å². The zero-order chi connectivity index (χ0) is 62.8. The maximum atomic E-state index is 13.0. The normalized spacial score (nSPS) is 14.2. The molecule has 17 nitrogen and oxygen atoms in total. The number of rotatable bonds is 66. The van der Waals surface area contributed by atoms with E-state index in [1.54, 1.807) is 0 Å². The molecule has 85 heavy (non-hydrogen) atoms. The third-order valence-electron chi connectivity index (χ3n) is 15.3. The molecular formula is C66H128O17P2. The van der Waals surface area contributed by atoms with Gasteiger partial charge < -0.3 is 33.8 Å². The number of phosphoric ester groups is 2. The van der Waals surface area contributed by atoms with Crippen molar-refractivity contribution >= 4 is 39.5 Å². The fraction of sp³-hybridized carbons (Fsp3) is 0.939. The lowest BCUT2D eigenvalue weighted by atomic mass is 10.0. The van der Waals surface area contributed by atoms with Crippen molar-refractivity contribution in [2.75, 3.05) is 39.6 Å². The molecule has 0 aliphatic carbocycles. The fourth-order valence-corrected chi connectivity index (χ4v) is 11.5. The molecule has 0 aromatic carbocycles. The lowest BCUT2D eigenvalue weighted by Crippen LogP contribution is -2.30. The minimum atomic E-state index is -4.95. The lowest BCUT2D eigenvalue weighted by Gasteiger charge is -2.21. The van der Waals surface area contributed by atoms with E-state index in [4.69, 9.17) is 37.0 Å². The molecular weight excluding hydrogens is 1130 g/mol. The first-order valence-corrected chi connectivity index (χ1v) is 37.6. The van der Waals surface area contributed by atoms with Crippen molar-refractivity contribution in [2.24, 2.45) is 5.92 Å². The van der Waals surface area contributed by atoms with Gasteiger partial charge in [-0.1, -0.05) is 285 Å². The fourth-order valence-electron chi connectivity index (χ4n) is 9.94. The minimum Gasteiger partial charge on any atom is -0.462 e. The van der Waals surface area contributed by atoms with Gasteiger partial charge in [-0.15, -0.1) is 0 Å². The van der Waals surface area contributed by atoms with Gasteiger partial charge in [0, 0.05) is 25.7 Å². The molecule has 0 saturated carbocycles. The number of aliphatic hydroxyl groups excluding tert-OH is 1. The third-order valence-corrected chi connectivity index (χ3v) is 17.2. The molecule has 0 aromatic heterocycles. The Balaban J connectivity index is 5.16. The van der Waals surface area contributed by atoms with Crippen LogP contribution >= 0.6 is 15.6 Å². The van der Waals surface area contributed by atoms with Gasteiger partial charge in [-0.25, -0.2) is 9.13 Å². The van der Waals surface area contributed by atoms with E-state index in [1.807, 2.05) is 0 Å². The summed E-state index contributed by atoms with van der Waals surface area (Å²) < 4.78 is 67.9. The van der Waals surface area contributed by atoms with E-state index in [9.17, 15) is 43.2 Å². The number of carbonyl (C=O) groups is 4. The summed E-state index contributed by atoms with van der Waals surface area (Å²) in [5.41, 5.74) is 0. The molecule has 3 N–H and O–H groups in total. The largest absolute Gasteiger partial charge is 0.472 e. The first kappa shape index (κ1) is 83.1. The predicted molar refractivity (Wildman–Crippen MR) is 340 cm³/mol. The zero-order valence-electron chi connectivity index (χ0n) is 54.7. The summed E-state index contributed by atoms with van der Waals surface area (Å²) in [5.74, 6) is -1.37. The molecule has 2 unspecified atom stereocenters. The summed E-state index contributed by atoms with van der Waals surface area (Å²) in [5, 5.41) is 10.5. The van der Waals surface area contributed by atoms with E-state index < -0.39 is 97.5 Å². The molecule has 5 atom stereocenters. The molecule has 19 heteroatoms. The Hall–Kier alpha value is -1.94. The standard InChI is InChI=1S/C66H128O17P2/c1-6-9-12-15-17-19-21-22-23-24-25-28-33-37-42-47-52-66(71)83-62(56-77-64(69)50-45-40-35-32-29-26-27-30-34-39-43-48-59(4)5)58-81-85(74,75)79-54-60(67)53-78-84(72,73)80-57-61(55-76-63(68)49-44-38-14-11-8-3)82-65(70)51-46-41-36-31-20-18-16-13-10-7-2/h59-62,67H,6-58H2,1-5H3,(H,72,73)(H,74,75)/t60-,61+,62+/m0/s1. The summed E-state index contributed by atoms with van der Waals surface area (Å²) in [7, 11) is -9.88. The molecule has 0 aliphatic rings. The van der Waals surface area contributed by atoms with Crippen LogP contribution in [0.4, 0.5) is 0 Å². The highest BCUT2D eigenvalue weighted by atomic mass is 31.2. The first-order chi connectivity index (χ1) is 41.0. The van der Waals surface area contributed by atoms with Gasteiger partial charge in [0.1, 0.15) is 19.3 Å². The lowest BCUT2D eigenvalue weighted by molar-refractivity contribution is -0.161. The summed E-state index contributed by atoms with van der Waals surface area (Å²) in [6, 6.07) is 0. The van der Waals surface area contributed by atoms with Gasteiger partial charge in [-0.2, -0.15) is 0 Å². The van der Waals surface area contributed by atoms with E-state index in [-0.39, 0.29) is 25.7 Å². The van der Waals surface area contributed by atoms with Crippen molar-refractivity contribution in [3.05, 3.63) is 0 Å². The van der Waals surface area contributed by atoms with E-state index in [1.165, 1.54) is 154 Å². The van der Waals surface area contributed by atoms with E-state index in [0.29, 0.717) is 25.7 Å².